The Labute approximate surface area is 150 Å². The van der Waals surface area contributed by atoms with Crippen molar-refractivity contribution in [3.63, 3.8) is 0 Å². The van der Waals surface area contributed by atoms with Gasteiger partial charge in [0.1, 0.15) is 6.54 Å². The molecule has 0 saturated carbocycles. The predicted octanol–water partition coefficient (Wildman–Crippen LogP) is -2.40. The van der Waals surface area contributed by atoms with E-state index in [1.165, 1.54) is 7.05 Å². The molecule has 0 aliphatic rings. The Morgan fingerprint density at radius 3 is 2.09 bits per heavy atom. The van der Waals surface area contributed by atoms with Crippen LogP contribution in [0, 0.1) is 5.41 Å². The molecular weight excluding hydrogens is 200 g/mol. The van der Waals surface area contributed by atoms with Gasteiger partial charge in [-0.05, 0) is 0 Å². The quantitative estimate of drug-likeness (QED) is 0.270. The molecule has 0 fully saturated rings. The molecule has 0 heterocycles. The summed E-state index contributed by atoms with van der Waals surface area (Å²) in [6, 6.07) is 0. The van der Waals surface area contributed by atoms with Crippen molar-refractivity contribution in [3.05, 3.63) is 0 Å². The average Bonchev–Trinajstić information content (AvgIpc) is 1.63. The van der Waals surface area contributed by atoms with E-state index in [0.29, 0.717) is 0 Å². The van der Waals surface area contributed by atoms with Crippen LogP contribution in [0.2, 0.25) is 0 Å². The summed E-state index contributed by atoms with van der Waals surface area (Å²) in [5, 5.41) is 14.9. The van der Waals surface area contributed by atoms with E-state index in [1.54, 1.807) is 0 Å². The van der Waals surface area contributed by atoms with Crippen LogP contribution in [0.1, 0.15) is 0 Å². The number of nitrogens with zero attached hydrogens (tertiary/aromatic N) is 1. The van der Waals surface area contributed by atoms with Gasteiger partial charge in [0.05, 0.1) is 0 Å². The van der Waals surface area contributed by atoms with Gasteiger partial charge in [-0.25, -0.2) is 0 Å². The van der Waals surface area contributed by atoms with Crippen molar-refractivity contribution in [3.8, 4) is 0 Å². The average molecular weight is 211 g/mol. The standard InChI is InChI=1S/C4H9N3O2.2K.2H/c1-7(4(5)6)2-3(8)9;;;;/h2H2,1H3,(H3,5,6)(H,8,9);;;;. The number of rotatable bonds is 2. The van der Waals surface area contributed by atoms with E-state index in [1.807, 2.05) is 0 Å². The second-order valence-corrected chi connectivity index (χ2v) is 1.64. The molecule has 0 unspecified atom stereocenters. The zero-order valence-electron chi connectivity index (χ0n) is 5.09. The van der Waals surface area contributed by atoms with Crippen LogP contribution in [0.3, 0.4) is 0 Å². The second kappa shape index (κ2) is 10.1. The topological polar surface area (TPSA) is 90.4 Å². The van der Waals surface area contributed by atoms with Gasteiger partial charge >= 0.3 is 109 Å². The van der Waals surface area contributed by atoms with Crippen LogP contribution in [-0.4, -0.2) is 138 Å². The Hall–Kier alpha value is 2.01. The summed E-state index contributed by atoms with van der Waals surface area (Å²) in [5.41, 5.74) is 4.93. The molecule has 0 aliphatic heterocycles. The molecule has 4 N–H and O–H groups in total. The molecule has 0 aromatic carbocycles. The number of guanidine groups is 1. The molecule has 0 aliphatic carbocycles. The third-order valence-corrected chi connectivity index (χ3v) is 0.784. The molecule has 0 saturated heterocycles. The summed E-state index contributed by atoms with van der Waals surface area (Å²) in [4.78, 5) is 11.0. The maximum atomic E-state index is 9.92. The first-order valence-corrected chi connectivity index (χ1v) is 2.31. The van der Waals surface area contributed by atoms with Crippen molar-refractivity contribution in [2.24, 2.45) is 5.73 Å². The summed E-state index contributed by atoms with van der Waals surface area (Å²) in [7, 11) is 1.44. The van der Waals surface area contributed by atoms with E-state index in [0.717, 1.165) is 4.90 Å². The number of carbonyl (C=O) groups is 1. The predicted molar refractivity (Wildman–Crippen MR) is 46.5 cm³/mol. The van der Waals surface area contributed by atoms with Gasteiger partial charge in [-0.2, -0.15) is 0 Å². The molecule has 11 heavy (non-hydrogen) atoms. The minimum absolute atomic E-state index is 0. The van der Waals surface area contributed by atoms with Gasteiger partial charge in [0, 0.05) is 7.05 Å². The number of nitrogens with one attached hydrogen (secondary N) is 1. The Bertz CT molecular complexity index is 141. The molecule has 0 aromatic rings. The molecule has 0 bridgehead atoms. The van der Waals surface area contributed by atoms with Gasteiger partial charge in [-0.3, -0.25) is 10.2 Å². The monoisotopic (exact) mass is 211 g/mol. The summed E-state index contributed by atoms with van der Waals surface area (Å²) in [6.07, 6.45) is 0. The first kappa shape index (κ1) is 18.7. The summed E-state index contributed by atoms with van der Waals surface area (Å²) in [6.45, 7) is -0.227. The van der Waals surface area contributed by atoms with Gasteiger partial charge in [0.2, 0.25) is 0 Å². The van der Waals surface area contributed by atoms with Crippen molar-refractivity contribution >= 4 is 115 Å². The Kier molecular flexibility index (Phi) is 17.2. The van der Waals surface area contributed by atoms with Crippen molar-refractivity contribution < 1.29 is 9.90 Å². The van der Waals surface area contributed by atoms with Gasteiger partial charge < -0.3 is 15.7 Å². The second-order valence-electron chi connectivity index (χ2n) is 1.64. The van der Waals surface area contributed by atoms with E-state index in [-0.39, 0.29) is 115 Å². The van der Waals surface area contributed by atoms with E-state index in [2.05, 4.69) is 0 Å². The fourth-order valence-electron chi connectivity index (χ4n) is 0.288. The molecule has 7 heteroatoms. The first-order valence-electron chi connectivity index (χ1n) is 2.31. The first-order chi connectivity index (χ1) is 4.04. The molecule has 0 aromatic heterocycles. The maximum absolute atomic E-state index is 9.92. The number of likely N-dealkylation sites (N-methyl/N-ethyl adjacent to an activating group) is 1. The van der Waals surface area contributed by atoms with Crippen LogP contribution < -0.4 is 5.73 Å². The molecule has 0 spiro atoms. The normalized spacial score (nSPS) is 7.00. The SMILES string of the molecule is CN(CC(=O)O)C(=N)N.[KH].[KH]. The van der Waals surface area contributed by atoms with Crippen molar-refractivity contribution in [1.82, 2.24) is 4.90 Å². The van der Waals surface area contributed by atoms with Crippen molar-refractivity contribution in [2.75, 3.05) is 13.6 Å². The van der Waals surface area contributed by atoms with Crippen molar-refractivity contribution in [2.45, 2.75) is 0 Å². The van der Waals surface area contributed by atoms with Gasteiger partial charge in [-0.15, -0.1) is 0 Å². The number of aliphatic carboxylic acids is 1. The van der Waals surface area contributed by atoms with Crippen LogP contribution in [-0.2, 0) is 4.79 Å². The molecule has 0 radical (unpaired) electrons. The van der Waals surface area contributed by atoms with Crippen LogP contribution in [0.25, 0.3) is 0 Å². The Morgan fingerprint density at radius 1 is 1.64 bits per heavy atom. The van der Waals surface area contributed by atoms with Crippen LogP contribution >= 0.6 is 0 Å². The summed E-state index contributed by atoms with van der Waals surface area (Å²) in [5.74, 6) is -1.23. The number of nitrogens with two attached hydrogens (primary N) is 1. The fourth-order valence-corrected chi connectivity index (χ4v) is 0.288. The van der Waals surface area contributed by atoms with Gasteiger partial charge in [0.25, 0.3) is 0 Å². The fraction of sp³-hybridized carbons (Fsp3) is 0.500. The third-order valence-electron chi connectivity index (χ3n) is 0.784. The van der Waals surface area contributed by atoms with Crippen LogP contribution in [0.15, 0.2) is 0 Å². The third kappa shape index (κ3) is 12.0. The molecule has 0 atom stereocenters. The molecule has 0 rings (SSSR count). The molecule has 5 nitrogen and oxygen atoms in total. The Balaban J connectivity index is -0.000000320. The van der Waals surface area contributed by atoms with E-state index in [4.69, 9.17) is 16.2 Å². The van der Waals surface area contributed by atoms with Gasteiger partial charge in [-0.1, -0.05) is 0 Å². The minimum atomic E-state index is -0.993. The molecule has 56 valence electrons. The van der Waals surface area contributed by atoms with E-state index < -0.39 is 5.97 Å². The zero-order valence-corrected chi connectivity index (χ0v) is 5.09. The van der Waals surface area contributed by atoms with E-state index in [9.17, 15) is 4.79 Å². The number of carboxylic acids is 1. The number of hydrogen-bond acceptors (Lipinski definition) is 2. The molecular formula is C4H11K2N3O2. The molecule has 0 amide bonds. The zero-order chi connectivity index (χ0) is 7.44. The number of carboxylic acid groups (broad SMARTS) is 1. The van der Waals surface area contributed by atoms with E-state index >= 15 is 0 Å². The Morgan fingerprint density at radius 2 is 2.00 bits per heavy atom. The summed E-state index contributed by atoms with van der Waals surface area (Å²) < 4.78 is 0. The number of hydrogen-bond donors (Lipinski definition) is 3. The van der Waals surface area contributed by atoms with Gasteiger partial charge in [0.15, 0.2) is 5.96 Å². The van der Waals surface area contributed by atoms with Crippen LogP contribution in [0.5, 0.6) is 0 Å². The van der Waals surface area contributed by atoms with Crippen LogP contribution in [0.4, 0.5) is 0 Å². The van der Waals surface area contributed by atoms with Crippen molar-refractivity contribution in [1.29, 1.82) is 5.41 Å². The summed E-state index contributed by atoms with van der Waals surface area (Å²) >= 11 is 0.